The number of methoxy groups -OCH3 is 1. The normalized spacial score (nSPS) is 14.8. The first kappa shape index (κ1) is 24.1. The lowest BCUT2D eigenvalue weighted by Crippen LogP contribution is -2.27. The fraction of sp³-hybridized carbons (Fsp3) is 0.227. The third kappa shape index (κ3) is 5.60. The maximum absolute atomic E-state index is 13.9. The largest absolute Gasteiger partial charge is 0.490 e. The average molecular weight is 571 g/mol. The van der Waals surface area contributed by atoms with Crippen molar-refractivity contribution < 1.29 is 33.0 Å². The number of thioether (sulfide) groups is 1. The summed E-state index contributed by atoms with van der Waals surface area (Å²) in [6, 6.07) is 9.40. The van der Waals surface area contributed by atoms with Gasteiger partial charge in [0.1, 0.15) is 5.82 Å². The van der Waals surface area contributed by atoms with Gasteiger partial charge in [0.25, 0.3) is 11.1 Å². The summed E-state index contributed by atoms with van der Waals surface area (Å²) in [6.45, 7) is 1.74. The molecule has 1 aliphatic rings. The Labute approximate surface area is 202 Å². The quantitative estimate of drug-likeness (QED) is 0.260. The lowest BCUT2D eigenvalue weighted by molar-refractivity contribution is -0.143. The standard InChI is InChI=1S/C22H19FINO6S/c1-3-30-17-9-13(8-16(24)20(17)31-12-19(26)29-2)10-18-21(27)25(22(28)32-18)11-14-6-4-5-7-15(14)23/h4-10H,3,11-12H2,1-2H3/b18-10+. The molecule has 32 heavy (non-hydrogen) atoms. The van der Waals surface area contributed by atoms with Crippen LogP contribution >= 0.6 is 34.4 Å². The van der Waals surface area contributed by atoms with Crippen LogP contribution in [-0.2, 0) is 20.9 Å². The van der Waals surface area contributed by atoms with Gasteiger partial charge in [0, 0.05) is 5.56 Å². The Bertz CT molecular complexity index is 1090. The summed E-state index contributed by atoms with van der Waals surface area (Å²) in [4.78, 5) is 37.8. The van der Waals surface area contributed by atoms with Crippen molar-refractivity contribution in [1.82, 2.24) is 4.90 Å². The highest BCUT2D eigenvalue weighted by Gasteiger charge is 2.35. The fourth-order valence-electron chi connectivity index (χ4n) is 2.85. The van der Waals surface area contributed by atoms with Gasteiger partial charge in [0.05, 0.1) is 28.7 Å². The van der Waals surface area contributed by atoms with E-state index in [0.29, 0.717) is 27.2 Å². The number of halogens is 2. The molecule has 3 rings (SSSR count). The second-order valence-corrected chi connectivity index (χ2v) is 8.64. The SMILES string of the molecule is CCOc1cc(/C=C2/SC(=O)N(Cc3ccccc3F)C2=O)cc(I)c1OCC(=O)OC. The van der Waals surface area contributed by atoms with E-state index in [1.807, 2.05) is 22.6 Å². The Balaban J connectivity index is 1.85. The molecule has 2 amide bonds. The van der Waals surface area contributed by atoms with Crippen LogP contribution in [0.5, 0.6) is 11.5 Å². The van der Waals surface area contributed by atoms with Gasteiger partial charge < -0.3 is 14.2 Å². The van der Waals surface area contributed by atoms with Crippen molar-refractivity contribution in [3.05, 3.63) is 61.8 Å². The van der Waals surface area contributed by atoms with Crippen LogP contribution in [0.15, 0.2) is 41.3 Å². The van der Waals surface area contributed by atoms with Gasteiger partial charge in [-0.1, -0.05) is 18.2 Å². The highest BCUT2D eigenvalue weighted by atomic mass is 127. The number of imide groups is 1. The van der Waals surface area contributed by atoms with Crippen molar-refractivity contribution in [3.63, 3.8) is 0 Å². The van der Waals surface area contributed by atoms with Gasteiger partial charge in [-0.15, -0.1) is 0 Å². The first-order chi connectivity index (χ1) is 15.3. The Kier molecular flexibility index (Phi) is 8.13. The van der Waals surface area contributed by atoms with Crippen molar-refractivity contribution in [3.8, 4) is 11.5 Å². The molecule has 2 aromatic carbocycles. The van der Waals surface area contributed by atoms with Crippen LogP contribution < -0.4 is 9.47 Å². The number of rotatable bonds is 8. The summed E-state index contributed by atoms with van der Waals surface area (Å²) in [5.41, 5.74) is 0.871. The molecule has 1 heterocycles. The third-order valence-electron chi connectivity index (χ3n) is 4.35. The molecule has 0 N–H and O–H groups in total. The molecule has 0 atom stereocenters. The summed E-state index contributed by atoms with van der Waals surface area (Å²) in [6.07, 6.45) is 1.57. The molecule has 10 heteroatoms. The highest BCUT2D eigenvalue weighted by molar-refractivity contribution is 14.1. The van der Waals surface area contributed by atoms with Gasteiger partial charge in [0.15, 0.2) is 18.1 Å². The molecule has 7 nitrogen and oxygen atoms in total. The molecule has 0 bridgehead atoms. The molecule has 1 aliphatic heterocycles. The van der Waals surface area contributed by atoms with Crippen LogP contribution in [0.25, 0.3) is 6.08 Å². The molecular formula is C22H19FINO6S. The topological polar surface area (TPSA) is 82.1 Å². The van der Waals surface area contributed by atoms with Crippen molar-refractivity contribution in [1.29, 1.82) is 0 Å². The van der Waals surface area contributed by atoms with Crippen LogP contribution in [0.1, 0.15) is 18.1 Å². The number of hydrogen-bond acceptors (Lipinski definition) is 7. The van der Waals surface area contributed by atoms with Crippen molar-refractivity contribution >= 4 is 57.5 Å². The molecule has 0 spiro atoms. The lowest BCUT2D eigenvalue weighted by atomic mass is 10.1. The van der Waals surface area contributed by atoms with E-state index in [9.17, 15) is 18.8 Å². The molecule has 1 fully saturated rings. The number of hydrogen-bond donors (Lipinski definition) is 0. The summed E-state index contributed by atoms with van der Waals surface area (Å²) in [5, 5.41) is -0.470. The van der Waals surface area contributed by atoms with E-state index in [0.717, 1.165) is 16.7 Å². The van der Waals surface area contributed by atoms with Crippen molar-refractivity contribution in [2.75, 3.05) is 20.3 Å². The molecule has 0 aliphatic carbocycles. The van der Waals surface area contributed by atoms with Gasteiger partial charge in [-0.05, 0) is 71.1 Å². The van der Waals surface area contributed by atoms with Gasteiger partial charge >= 0.3 is 5.97 Å². The second kappa shape index (κ2) is 10.8. The fourth-order valence-corrected chi connectivity index (χ4v) is 4.47. The number of carbonyl (C=O) groups excluding carboxylic acids is 3. The maximum Gasteiger partial charge on any atom is 0.343 e. The van der Waals surface area contributed by atoms with Crippen LogP contribution in [0.2, 0.25) is 0 Å². The van der Waals surface area contributed by atoms with E-state index in [1.54, 1.807) is 37.3 Å². The van der Waals surface area contributed by atoms with Crippen LogP contribution in [0.4, 0.5) is 9.18 Å². The van der Waals surface area contributed by atoms with Crippen LogP contribution in [-0.4, -0.2) is 42.3 Å². The molecule has 1 saturated heterocycles. The first-order valence-corrected chi connectivity index (χ1v) is 11.4. The molecule has 0 radical (unpaired) electrons. The van der Waals surface area contributed by atoms with Gasteiger partial charge in [-0.3, -0.25) is 14.5 Å². The Morgan fingerprint density at radius 3 is 2.66 bits per heavy atom. The lowest BCUT2D eigenvalue weighted by Gasteiger charge is -2.14. The number of carbonyl (C=O) groups is 3. The number of ether oxygens (including phenoxy) is 3. The number of benzene rings is 2. The molecular weight excluding hydrogens is 552 g/mol. The zero-order valence-corrected chi connectivity index (χ0v) is 20.2. The zero-order chi connectivity index (χ0) is 23.3. The van der Waals surface area contributed by atoms with Crippen LogP contribution in [0, 0.1) is 9.39 Å². The van der Waals surface area contributed by atoms with Crippen LogP contribution in [0.3, 0.4) is 0 Å². The first-order valence-electron chi connectivity index (χ1n) is 9.48. The van der Waals surface area contributed by atoms with Gasteiger partial charge in [-0.25, -0.2) is 9.18 Å². The minimum Gasteiger partial charge on any atom is -0.490 e. The monoisotopic (exact) mass is 571 g/mol. The van der Waals surface area contributed by atoms with E-state index in [2.05, 4.69) is 4.74 Å². The van der Waals surface area contributed by atoms with E-state index < -0.39 is 22.9 Å². The van der Waals surface area contributed by atoms with Crippen molar-refractivity contribution in [2.24, 2.45) is 0 Å². The summed E-state index contributed by atoms with van der Waals surface area (Å²) in [7, 11) is 1.27. The zero-order valence-electron chi connectivity index (χ0n) is 17.2. The minimum atomic E-state index is -0.532. The highest BCUT2D eigenvalue weighted by Crippen LogP contribution is 2.38. The van der Waals surface area contributed by atoms with Gasteiger partial charge in [0.2, 0.25) is 0 Å². The summed E-state index contributed by atoms with van der Waals surface area (Å²) < 4.78 is 30.3. The smallest absolute Gasteiger partial charge is 0.343 e. The number of amides is 2. The number of esters is 1. The molecule has 0 saturated carbocycles. The average Bonchev–Trinajstić information content (AvgIpc) is 3.02. The van der Waals surface area contributed by atoms with Gasteiger partial charge in [-0.2, -0.15) is 0 Å². The van der Waals surface area contributed by atoms with E-state index in [-0.39, 0.29) is 23.6 Å². The molecule has 0 unspecified atom stereocenters. The summed E-state index contributed by atoms with van der Waals surface area (Å²) >= 11 is 2.82. The Morgan fingerprint density at radius 1 is 1.22 bits per heavy atom. The van der Waals surface area contributed by atoms with Crippen molar-refractivity contribution in [2.45, 2.75) is 13.5 Å². The molecule has 2 aromatic rings. The second-order valence-electron chi connectivity index (χ2n) is 6.49. The van der Waals surface area contributed by atoms with E-state index in [1.165, 1.54) is 19.2 Å². The Hall–Kier alpha value is -2.60. The Morgan fingerprint density at radius 2 is 1.97 bits per heavy atom. The third-order valence-corrected chi connectivity index (χ3v) is 6.06. The number of nitrogens with zero attached hydrogens (tertiary/aromatic N) is 1. The van der Waals surface area contributed by atoms with E-state index in [4.69, 9.17) is 9.47 Å². The maximum atomic E-state index is 13.9. The van der Waals surface area contributed by atoms with E-state index >= 15 is 0 Å². The predicted octanol–water partition coefficient (Wildman–Crippen LogP) is 4.62. The molecule has 0 aromatic heterocycles. The minimum absolute atomic E-state index is 0.142. The molecule has 168 valence electrons. The summed E-state index contributed by atoms with van der Waals surface area (Å²) in [5.74, 6) is -0.741. The predicted molar refractivity (Wildman–Crippen MR) is 126 cm³/mol.